The van der Waals surface area contributed by atoms with E-state index in [0.717, 1.165) is 30.6 Å². The predicted molar refractivity (Wildman–Crippen MR) is 97.1 cm³/mol. The molecule has 0 radical (unpaired) electrons. The summed E-state index contributed by atoms with van der Waals surface area (Å²) in [6.45, 7) is 6.79. The van der Waals surface area contributed by atoms with Crippen LogP contribution in [0.4, 0.5) is 0 Å². The Labute approximate surface area is 152 Å². The lowest BCUT2D eigenvalue weighted by molar-refractivity contribution is -0.135. The molecule has 8 heteroatoms. The fourth-order valence-corrected chi connectivity index (χ4v) is 3.98. The van der Waals surface area contributed by atoms with Crippen LogP contribution in [0.15, 0.2) is 4.79 Å². The first-order valence-corrected chi connectivity index (χ1v) is 9.46. The summed E-state index contributed by atoms with van der Waals surface area (Å²) in [4.78, 5) is 41.3. The first-order chi connectivity index (χ1) is 12.6. The number of amides is 2. The van der Waals surface area contributed by atoms with Crippen molar-refractivity contribution in [3.8, 4) is 0 Å². The molecular formula is C18H27N5O3. The van der Waals surface area contributed by atoms with Gasteiger partial charge in [0.1, 0.15) is 5.56 Å². The Balaban J connectivity index is 1.84. The van der Waals surface area contributed by atoms with E-state index in [1.54, 1.807) is 4.90 Å². The second-order valence-corrected chi connectivity index (χ2v) is 6.87. The van der Waals surface area contributed by atoms with Crippen LogP contribution in [-0.4, -0.2) is 70.6 Å². The Morgan fingerprint density at radius 2 is 2.04 bits per heavy atom. The fourth-order valence-electron chi connectivity index (χ4n) is 3.98. The number of piperidine rings is 1. The number of aromatic amines is 1. The van der Waals surface area contributed by atoms with Gasteiger partial charge < -0.3 is 15.1 Å². The van der Waals surface area contributed by atoms with Gasteiger partial charge in [-0.15, -0.1) is 0 Å². The molecule has 26 heavy (non-hydrogen) atoms. The van der Waals surface area contributed by atoms with Gasteiger partial charge in [0, 0.05) is 32.2 Å². The molecule has 0 bridgehead atoms. The number of likely N-dealkylation sites (tertiary alicyclic amines) is 1. The number of hydrogen-bond donors (Lipinski definition) is 2. The zero-order chi connectivity index (χ0) is 18.7. The van der Waals surface area contributed by atoms with Crippen LogP contribution in [0.3, 0.4) is 0 Å². The van der Waals surface area contributed by atoms with Crippen LogP contribution in [0.25, 0.3) is 0 Å². The second kappa shape index (κ2) is 7.99. The third-order valence-electron chi connectivity index (χ3n) is 5.32. The Kier molecular flexibility index (Phi) is 5.70. The molecule has 1 aromatic rings. The van der Waals surface area contributed by atoms with Gasteiger partial charge in [-0.2, -0.15) is 5.10 Å². The number of nitrogens with zero attached hydrogens (tertiary/aromatic N) is 3. The quantitative estimate of drug-likeness (QED) is 0.782. The normalized spacial score (nSPS) is 21.2. The van der Waals surface area contributed by atoms with Gasteiger partial charge in [-0.3, -0.25) is 14.4 Å². The summed E-state index contributed by atoms with van der Waals surface area (Å²) in [6, 6.07) is 0.0268. The van der Waals surface area contributed by atoms with E-state index < -0.39 is 5.56 Å². The zero-order valence-electron chi connectivity index (χ0n) is 15.5. The van der Waals surface area contributed by atoms with Crippen LogP contribution in [0.5, 0.6) is 0 Å². The van der Waals surface area contributed by atoms with Crippen molar-refractivity contribution in [1.29, 1.82) is 0 Å². The van der Waals surface area contributed by atoms with Crippen LogP contribution in [0.1, 0.15) is 48.3 Å². The highest BCUT2D eigenvalue weighted by Crippen LogP contribution is 2.20. The Morgan fingerprint density at radius 3 is 2.73 bits per heavy atom. The Bertz CT molecular complexity index is 745. The van der Waals surface area contributed by atoms with Gasteiger partial charge in [-0.25, -0.2) is 5.10 Å². The molecule has 2 aliphatic rings. The molecule has 2 N–H and O–H groups in total. The molecule has 142 valence electrons. The van der Waals surface area contributed by atoms with Crippen LogP contribution < -0.4 is 10.9 Å². The minimum absolute atomic E-state index is 0.0268. The first kappa shape index (κ1) is 18.6. The molecule has 0 aliphatic carbocycles. The number of hydrogen-bond acceptors (Lipinski definition) is 5. The van der Waals surface area contributed by atoms with Gasteiger partial charge in [0.05, 0.1) is 12.2 Å². The minimum atomic E-state index is -0.426. The number of nitrogens with one attached hydrogen (secondary N) is 2. The third kappa shape index (κ3) is 3.51. The van der Waals surface area contributed by atoms with Crippen molar-refractivity contribution in [2.75, 3.05) is 32.7 Å². The van der Waals surface area contributed by atoms with Crippen molar-refractivity contribution in [1.82, 2.24) is 25.3 Å². The topological polar surface area (TPSA) is 98.4 Å². The second-order valence-electron chi connectivity index (χ2n) is 6.87. The van der Waals surface area contributed by atoms with Gasteiger partial charge in [0.2, 0.25) is 5.91 Å². The van der Waals surface area contributed by atoms with Crippen molar-refractivity contribution in [3.63, 3.8) is 0 Å². The number of rotatable bonds is 4. The lowest BCUT2D eigenvalue weighted by atomic mass is 9.99. The monoisotopic (exact) mass is 361 g/mol. The summed E-state index contributed by atoms with van der Waals surface area (Å²) in [5.41, 5.74) is 1.29. The summed E-state index contributed by atoms with van der Waals surface area (Å²) >= 11 is 0. The molecule has 0 aromatic carbocycles. The molecule has 0 spiro atoms. The van der Waals surface area contributed by atoms with E-state index in [1.807, 2.05) is 18.7 Å². The average molecular weight is 361 g/mol. The third-order valence-corrected chi connectivity index (χ3v) is 5.32. The molecule has 8 nitrogen and oxygen atoms in total. The molecule has 2 aliphatic heterocycles. The maximum atomic E-state index is 13.1. The van der Waals surface area contributed by atoms with Gasteiger partial charge >= 0.3 is 0 Å². The summed E-state index contributed by atoms with van der Waals surface area (Å²) in [5.74, 6) is -0.160. The van der Waals surface area contributed by atoms with Crippen molar-refractivity contribution < 1.29 is 9.59 Å². The summed E-state index contributed by atoms with van der Waals surface area (Å²) in [6.07, 6.45) is 2.98. The summed E-state index contributed by atoms with van der Waals surface area (Å²) in [7, 11) is 0. The van der Waals surface area contributed by atoms with Crippen molar-refractivity contribution in [2.24, 2.45) is 0 Å². The average Bonchev–Trinajstić information content (AvgIpc) is 2.67. The molecular weight excluding hydrogens is 334 g/mol. The smallest absolute Gasteiger partial charge is 0.277 e. The fraction of sp³-hybridized carbons (Fsp3) is 0.667. The molecule has 1 aromatic heterocycles. The van der Waals surface area contributed by atoms with E-state index in [1.165, 1.54) is 0 Å². The van der Waals surface area contributed by atoms with Crippen LogP contribution in [0.2, 0.25) is 0 Å². The van der Waals surface area contributed by atoms with E-state index in [0.29, 0.717) is 39.0 Å². The number of H-pyrrole nitrogens is 1. The SMILES string of the molecule is CCc1n[nH]c(=O)c(C(=O)N2CCCC(N3CCNCC3=O)C2)c1CC. The number of aryl methyl sites for hydroxylation is 1. The molecule has 2 fully saturated rings. The molecule has 1 unspecified atom stereocenters. The van der Waals surface area contributed by atoms with E-state index >= 15 is 0 Å². The highest BCUT2D eigenvalue weighted by atomic mass is 16.2. The van der Waals surface area contributed by atoms with Gasteiger partial charge in [0.15, 0.2) is 0 Å². The summed E-state index contributed by atoms with van der Waals surface area (Å²) in [5, 5.41) is 9.63. The maximum absolute atomic E-state index is 13.1. The highest BCUT2D eigenvalue weighted by molar-refractivity contribution is 5.95. The number of carbonyl (C=O) groups excluding carboxylic acids is 2. The van der Waals surface area contributed by atoms with E-state index in [9.17, 15) is 14.4 Å². The van der Waals surface area contributed by atoms with Gasteiger partial charge in [0.25, 0.3) is 11.5 Å². The predicted octanol–water partition coefficient (Wildman–Crippen LogP) is -0.0689. The van der Waals surface area contributed by atoms with Gasteiger partial charge in [-0.1, -0.05) is 13.8 Å². The van der Waals surface area contributed by atoms with E-state index in [4.69, 9.17) is 0 Å². The van der Waals surface area contributed by atoms with Gasteiger partial charge in [-0.05, 0) is 31.2 Å². The van der Waals surface area contributed by atoms with Crippen molar-refractivity contribution >= 4 is 11.8 Å². The molecule has 2 saturated heterocycles. The van der Waals surface area contributed by atoms with Crippen molar-refractivity contribution in [3.05, 3.63) is 27.2 Å². The maximum Gasteiger partial charge on any atom is 0.277 e. The Morgan fingerprint density at radius 1 is 1.23 bits per heavy atom. The van der Waals surface area contributed by atoms with Crippen LogP contribution in [-0.2, 0) is 17.6 Å². The molecule has 3 heterocycles. The first-order valence-electron chi connectivity index (χ1n) is 9.46. The number of carbonyl (C=O) groups is 2. The van der Waals surface area contributed by atoms with E-state index in [2.05, 4.69) is 15.5 Å². The molecule has 3 rings (SSSR count). The number of aromatic nitrogens is 2. The number of piperazine rings is 1. The standard InChI is InChI=1S/C18H27N5O3/c1-3-13-14(4-2)20-21-17(25)16(13)18(26)22-8-5-6-12(11-22)23-9-7-19-10-15(23)24/h12,19H,3-11H2,1-2H3,(H,21,25). The minimum Gasteiger partial charge on any atom is -0.336 e. The van der Waals surface area contributed by atoms with Crippen molar-refractivity contribution in [2.45, 2.75) is 45.6 Å². The van der Waals surface area contributed by atoms with Crippen LogP contribution in [0, 0.1) is 0 Å². The summed E-state index contributed by atoms with van der Waals surface area (Å²) < 4.78 is 0. The molecule has 2 amide bonds. The molecule has 1 atom stereocenters. The van der Waals surface area contributed by atoms with Crippen LogP contribution >= 0.6 is 0 Å². The van der Waals surface area contributed by atoms with E-state index in [-0.39, 0.29) is 23.4 Å². The highest BCUT2D eigenvalue weighted by Gasteiger charge is 2.33. The lowest BCUT2D eigenvalue weighted by Crippen LogP contribution is -2.57. The molecule has 0 saturated carbocycles. The lowest BCUT2D eigenvalue weighted by Gasteiger charge is -2.41. The Hall–Kier alpha value is -2.22. The largest absolute Gasteiger partial charge is 0.336 e. The zero-order valence-corrected chi connectivity index (χ0v) is 15.5.